The third-order valence-corrected chi connectivity index (χ3v) is 30.9. The first-order valence-electron chi connectivity index (χ1n) is 46.0. The van der Waals surface area contributed by atoms with Crippen LogP contribution in [0.4, 0.5) is 27.2 Å². The maximum atomic E-state index is 13.8. The number of hydrogen-bond donors (Lipinski definition) is 6. The number of halogens is 5. The fourth-order valence-corrected chi connectivity index (χ4v) is 23.0. The molecule has 25 nitrogen and oxygen atoms in total. The predicted molar refractivity (Wildman–Crippen MR) is 476 cm³/mol. The highest BCUT2D eigenvalue weighted by Gasteiger charge is 2.72. The molecule has 12 aliphatic carbocycles. The Morgan fingerprint density at radius 3 is 1.10 bits per heavy atom. The van der Waals surface area contributed by atoms with Crippen molar-refractivity contribution in [3.05, 3.63) is 117 Å². The van der Waals surface area contributed by atoms with E-state index in [1.54, 1.807) is 49.2 Å². The van der Waals surface area contributed by atoms with Crippen LogP contribution in [0.15, 0.2) is 77.8 Å². The van der Waals surface area contributed by atoms with Crippen molar-refractivity contribution in [2.45, 2.75) is 253 Å². The molecule has 4 atom stereocenters. The number of nitrogens with one attached hydrogen (secondary N) is 4. The molecule has 4 unspecified atom stereocenters. The van der Waals surface area contributed by atoms with Gasteiger partial charge in [0.25, 0.3) is 23.6 Å². The summed E-state index contributed by atoms with van der Waals surface area (Å²) in [6, 6.07) is 23.3. The summed E-state index contributed by atoms with van der Waals surface area (Å²) in [7, 11) is 6.96. The molecular formula is C96H128BrF4N9O16S. The van der Waals surface area contributed by atoms with Crippen LogP contribution >= 0.6 is 28.1 Å². The van der Waals surface area contributed by atoms with Crippen molar-refractivity contribution in [1.82, 2.24) is 36.0 Å². The summed E-state index contributed by atoms with van der Waals surface area (Å²) < 4.78 is 96.5. The van der Waals surface area contributed by atoms with Crippen molar-refractivity contribution in [3.63, 3.8) is 0 Å². The van der Waals surface area contributed by atoms with E-state index in [-0.39, 0.29) is 96.6 Å². The summed E-state index contributed by atoms with van der Waals surface area (Å²) in [4.78, 5) is 92.0. The minimum Gasteiger partial charge on any atom is -0.493 e. The first-order valence-corrected chi connectivity index (χ1v) is 47.5. The van der Waals surface area contributed by atoms with Gasteiger partial charge in [-0.15, -0.1) is 0 Å². The number of imide groups is 2. The summed E-state index contributed by atoms with van der Waals surface area (Å²) in [6.45, 7) is 5.62. The van der Waals surface area contributed by atoms with Crippen LogP contribution in [0.5, 0.6) is 23.0 Å². The fourth-order valence-electron chi connectivity index (χ4n) is 22.6. The van der Waals surface area contributed by atoms with Gasteiger partial charge < -0.3 is 59.6 Å². The lowest BCUT2D eigenvalue weighted by molar-refractivity contribution is -0.306. The van der Waals surface area contributed by atoms with Gasteiger partial charge in [-0.3, -0.25) is 48.8 Å². The molecule has 8 spiro atoms. The van der Waals surface area contributed by atoms with Gasteiger partial charge in [-0.05, 0) is 329 Å². The van der Waals surface area contributed by atoms with Crippen LogP contribution < -0.4 is 45.9 Å². The second-order valence-electron chi connectivity index (χ2n) is 39.1. The molecule has 127 heavy (non-hydrogen) atoms. The number of alkyl halides is 5. The van der Waals surface area contributed by atoms with E-state index in [2.05, 4.69) is 60.3 Å². The lowest BCUT2D eigenvalue weighted by Gasteiger charge is -2.46. The van der Waals surface area contributed by atoms with E-state index >= 15 is 0 Å². The number of urea groups is 2. The average molecular weight is 1850 g/mol. The normalized spacial score (nSPS) is 31.4. The SMILES string of the molecule is CC(C)(C)OO.COC1CCC2(CC1)Cc1ccc(OCC3CC3)cc1C21N=C(N)N(CCF)C1=O.COC1CCC2(CC1)Cc1ccc(OCC3CC3)cc1C21NC(=O)N(CCF)C1=O.COC1CCC2(CC1)Cc1ccc(OCC3CC3)cc1C21NC(=O)NC1=O.COC1CCC2(CC1)Cc1ccc(OCC3CC3)cc1C21NC(=S)N(CCF)C1=O.FCCBr. The Morgan fingerprint density at radius 1 is 0.449 bits per heavy atom. The first kappa shape index (κ1) is 93.9. The summed E-state index contributed by atoms with van der Waals surface area (Å²) >= 11 is 8.39. The van der Waals surface area contributed by atoms with Gasteiger partial charge in [-0.2, -0.15) is 0 Å². The number of nitrogens with two attached hydrogens (primary N) is 1. The number of amides is 8. The molecule has 4 aromatic rings. The maximum absolute atomic E-state index is 13.8. The molecule has 4 heterocycles. The van der Waals surface area contributed by atoms with Crippen LogP contribution in [0, 0.1) is 45.3 Å². The fraction of sp³-hybridized carbons (Fsp3) is 0.667. The molecule has 20 rings (SSSR count). The van der Waals surface area contributed by atoms with Gasteiger partial charge in [-0.25, -0.2) is 32.6 Å². The second kappa shape index (κ2) is 38.6. The Hall–Kier alpha value is -7.78. The van der Waals surface area contributed by atoms with Gasteiger partial charge in [0.05, 0.1) is 82.8 Å². The molecule has 0 aromatic heterocycles. The lowest BCUT2D eigenvalue weighted by Crippen LogP contribution is -2.56. The third kappa shape index (κ3) is 18.1. The third-order valence-electron chi connectivity index (χ3n) is 30.3. The highest BCUT2D eigenvalue weighted by atomic mass is 79.9. The van der Waals surface area contributed by atoms with Crippen LogP contribution in [-0.4, -0.2) is 203 Å². The number of rotatable bonds is 23. The van der Waals surface area contributed by atoms with Crippen molar-refractivity contribution in [1.29, 1.82) is 0 Å². The van der Waals surface area contributed by atoms with Gasteiger partial charge in [0.2, 0.25) is 0 Å². The Bertz CT molecular complexity index is 4560. The molecule has 11 fully saturated rings. The van der Waals surface area contributed by atoms with E-state index < -0.39 is 65.3 Å². The number of carbonyl (C=O) groups is 6. The van der Waals surface area contributed by atoms with E-state index in [0.29, 0.717) is 47.3 Å². The zero-order valence-electron chi connectivity index (χ0n) is 74.6. The van der Waals surface area contributed by atoms with E-state index in [1.807, 2.05) is 54.6 Å². The quantitative estimate of drug-likeness (QED) is 0.0100. The van der Waals surface area contributed by atoms with E-state index in [4.69, 9.17) is 66.1 Å². The Morgan fingerprint density at radius 2 is 0.764 bits per heavy atom. The molecule has 16 aliphatic rings. The summed E-state index contributed by atoms with van der Waals surface area (Å²) in [5.41, 5.74) is 8.35. The van der Waals surface area contributed by atoms with Crippen molar-refractivity contribution in [2.75, 3.05) is 107 Å². The van der Waals surface area contributed by atoms with Gasteiger partial charge >= 0.3 is 12.1 Å². The summed E-state index contributed by atoms with van der Waals surface area (Å²) in [6.07, 6.45) is 27.4. The number of nitrogens with zero attached hydrogens (tertiary/aromatic N) is 4. The average Bonchev–Trinajstić information content (AvgIpc) is 1.56. The topological polar surface area (TPSA) is 302 Å². The van der Waals surface area contributed by atoms with Crippen LogP contribution in [0.1, 0.15) is 219 Å². The zero-order valence-corrected chi connectivity index (χ0v) is 77.0. The number of fused-ring (bicyclic) bond motifs is 12. The minimum atomic E-state index is -1.15. The maximum Gasteiger partial charge on any atom is 0.325 e. The Labute approximate surface area is 756 Å². The number of thiocarbonyl (C=S) groups is 1. The molecule has 0 radical (unpaired) electrons. The smallest absolute Gasteiger partial charge is 0.325 e. The van der Waals surface area contributed by atoms with Crippen molar-refractivity contribution < 1.29 is 94.4 Å². The molecule has 8 saturated carbocycles. The molecule has 3 saturated heterocycles. The molecule has 694 valence electrons. The van der Waals surface area contributed by atoms with Gasteiger partial charge in [0.1, 0.15) is 43.0 Å². The Kier molecular flexibility index (Phi) is 28.5. The minimum absolute atomic E-state index is 0.00357. The number of ether oxygens (including phenoxy) is 8. The number of hydrogen-bond acceptors (Lipinski definition) is 19. The lowest BCUT2D eigenvalue weighted by atomic mass is 9.61. The largest absolute Gasteiger partial charge is 0.493 e. The van der Waals surface area contributed by atoms with Crippen LogP contribution in [0.25, 0.3) is 0 Å². The molecular weight excluding hydrogens is 1720 g/mol. The standard InChI is InChI=1S/C23H30FN3O3.C23H29FN2O4.C23H29FN2O3S.C21H26N2O4.C4H10O2.C2H4BrF/c1-29-17-6-8-22(9-7-17)13-16-4-5-18(30-14-15-2-3-15)12-19(16)23(22)20(28)27(11-10-24)21(25)26-23;1-29-17-6-8-22(9-7-17)13-16-4-5-18(30-14-15-2-3-15)12-19(16)23(22)20(27)26(11-10-24)21(28)25-23;1-28-17-6-8-22(9-7-17)13-16-4-5-18(29-14-15-2-3-15)12-19(16)23(22)20(27)26(11-10-24)21(30)25-23;1-26-15-6-8-20(9-7-15)11-14-4-5-16(27-12-13-2-3-13)10-17(14)21(20)18(24)22-19(25)23-21;1-4(2,3)6-5;3-1-2-4/h4-5,12,15,17H,2-3,6-11,13-14H2,1H3,(H2,25,26);4-5,12,15,17H,2-3,6-11,13-14H2,1H3,(H,25,28);4-5,12,15,17H,2-3,6-11,13-14H2,1H3,(H,25,30);4-5,10,13,15H,2-3,6-9,11-12H2,1H3,(H2,22,23,24,25);5H,1-3H3;1-2H2. The van der Waals surface area contributed by atoms with Crippen molar-refractivity contribution in [2.24, 2.45) is 56.1 Å². The number of aliphatic imine (C=N–C) groups is 1. The molecule has 4 aromatic carbocycles. The summed E-state index contributed by atoms with van der Waals surface area (Å²) in [5.74, 6) is 4.96. The number of carbonyl (C=O) groups excluding carboxylic acids is 6. The molecule has 8 amide bonds. The second-order valence-corrected chi connectivity index (χ2v) is 40.3. The highest BCUT2D eigenvalue weighted by molar-refractivity contribution is 9.09. The zero-order chi connectivity index (χ0) is 90.1. The van der Waals surface area contributed by atoms with Gasteiger partial charge in [0.15, 0.2) is 33.2 Å². The molecule has 0 bridgehead atoms. The molecule has 31 heteroatoms. The monoisotopic (exact) mass is 1850 g/mol. The predicted octanol–water partition coefficient (Wildman–Crippen LogP) is 15.0. The van der Waals surface area contributed by atoms with Gasteiger partial charge in [-0.1, -0.05) is 40.2 Å². The van der Waals surface area contributed by atoms with Crippen molar-refractivity contribution >= 4 is 74.9 Å². The van der Waals surface area contributed by atoms with Crippen LogP contribution in [0.3, 0.4) is 0 Å². The van der Waals surface area contributed by atoms with E-state index in [0.717, 1.165) is 214 Å². The van der Waals surface area contributed by atoms with E-state index in [9.17, 15) is 46.3 Å². The van der Waals surface area contributed by atoms with Gasteiger partial charge in [0, 0.05) is 55.4 Å². The van der Waals surface area contributed by atoms with E-state index in [1.165, 1.54) is 61.2 Å². The van der Waals surface area contributed by atoms with Crippen LogP contribution in [-0.2, 0) is 90.9 Å². The highest BCUT2D eigenvalue weighted by Crippen LogP contribution is 2.66. The van der Waals surface area contributed by atoms with Crippen LogP contribution in [0.2, 0.25) is 0 Å². The van der Waals surface area contributed by atoms with Crippen molar-refractivity contribution in [3.8, 4) is 23.0 Å². The summed E-state index contributed by atoms with van der Waals surface area (Å²) in [5, 5.41) is 20.7. The molecule has 4 aliphatic heterocycles. The number of guanidine groups is 1. The number of methoxy groups -OCH3 is 4. The first-order chi connectivity index (χ1) is 61.1. The number of benzene rings is 4. The Balaban J connectivity index is 0.000000126. The molecule has 7 N–H and O–H groups in total.